The third-order valence-electron chi connectivity index (χ3n) is 3.28. The Morgan fingerprint density at radius 3 is 3.00 bits per heavy atom. The number of rotatable bonds is 4. The van der Waals surface area contributed by atoms with E-state index in [4.69, 9.17) is 10.5 Å². The fourth-order valence-corrected chi connectivity index (χ4v) is 2.15. The number of likely N-dealkylation sites (N-methyl/N-ethyl adjacent to an activating group) is 1. The Balaban J connectivity index is 1.95. The van der Waals surface area contributed by atoms with Gasteiger partial charge in [0.25, 0.3) is 0 Å². The van der Waals surface area contributed by atoms with E-state index in [9.17, 15) is 8.78 Å². The van der Waals surface area contributed by atoms with Crippen molar-refractivity contribution >= 4 is 11.4 Å². The largest absolute Gasteiger partial charge is 0.395 e. The van der Waals surface area contributed by atoms with E-state index >= 15 is 0 Å². The van der Waals surface area contributed by atoms with Crippen LogP contribution in [-0.4, -0.2) is 43.8 Å². The van der Waals surface area contributed by atoms with Gasteiger partial charge in [0, 0.05) is 25.7 Å². The summed E-state index contributed by atoms with van der Waals surface area (Å²) in [7, 11) is 0. The zero-order valence-electron chi connectivity index (χ0n) is 11.0. The fraction of sp³-hybridized carbons (Fsp3) is 0.538. The maximum absolute atomic E-state index is 13.3. The minimum absolute atomic E-state index is 0.000529. The van der Waals surface area contributed by atoms with Gasteiger partial charge in [0.1, 0.15) is 5.82 Å². The fourth-order valence-electron chi connectivity index (χ4n) is 2.15. The molecule has 0 amide bonds. The molecule has 1 saturated heterocycles. The highest BCUT2D eigenvalue weighted by Crippen LogP contribution is 2.23. The highest BCUT2D eigenvalue weighted by Gasteiger charge is 2.19. The van der Waals surface area contributed by atoms with Gasteiger partial charge in [0.05, 0.1) is 24.1 Å². The monoisotopic (exact) mass is 271 g/mol. The number of nitrogens with two attached hydrogens (primary N) is 1. The van der Waals surface area contributed by atoms with Gasteiger partial charge in [-0.25, -0.2) is 8.78 Å². The Labute approximate surface area is 111 Å². The predicted octanol–water partition coefficient (Wildman–Crippen LogP) is 1.68. The van der Waals surface area contributed by atoms with Crippen LogP contribution in [0.2, 0.25) is 0 Å². The molecule has 0 saturated carbocycles. The molecule has 106 valence electrons. The van der Waals surface area contributed by atoms with Crippen molar-refractivity contribution in [2.75, 3.05) is 43.8 Å². The van der Waals surface area contributed by atoms with Gasteiger partial charge in [-0.15, -0.1) is 0 Å². The van der Waals surface area contributed by atoms with Crippen molar-refractivity contribution in [1.29, 1.82) is 0 Å². The Kier molecular flexibility index (Phi) is 4.55. The van der Waals surface area contributed by atoms with E-state index in [1.807, 2.05) is 0 Å². The van der Waals surface area contributed by atoms with Crippen molar-refractivity contribution < 1.29 is 13.5 Å². The number of hydrogen-bond donors (Lipinski definition) is 2. The summed E-state index contributed by atoms with van der Waals surface area (Å²) < 4.78 is 32.0. The molecule has 0 aliphatic carbocycles. The zero-order valence-corrected chi connectivity index (χ0v) is 11.0. The van der Waals surface area contributed by atoms with Gasteiger partial charge < -0.3 is 15.8 Å². The van der Waals surface area contributed by atoms with Gasteiger partial charge in [-0.3, -0.25) is 4.90 Å². The Morgan fingerprint density at radius 1 is 1.47 bits per heavy atom. The van der Waals surface area contributed by atoms with E-state index in [1.165, 1.54) is 6.07 Å². The topological polar surface area (TPSA) is 50.5 Å². The van der Waals surface area contributed by atoms with Crippen molar-refractivity contribution in [2.24, 2.45) is 0 Å². The van der Waals surface area contributed by atoms with Crippen LogP contribution in [0, 0.1) is 11.6 Å². The molecule has 3 N–H and O–H groups in total. The summed E-state index contributed by atoms with van der Waals surface area (Å²) in [6.45, 7) is 5.94. The molecule has 1 aromatic carbocycles. The van der Waals surface area contributed by atoms with Crippen LogP contribution in [0.3, 0.4) is 0 Å². The van der Waals surface area contributed by atoms with E-state index in [0.29, 0.717) is 13.2 Å². The number of ether oxygens (including phenoxy) is 1. The molecule has 1 fully saturated rings. The molecular formula is C13H19F2N3O. The first-order valence-corrected chi connectivity index (χ1v) is 6.42. The van der Waals surface area contributed by atoms with Gasteiger partial charge in [-0.2, -0.15) is 0 Å². The normalized spacial score (nSPS) is 20.5. The second kappa shape index (κ2) is 6.16. The van der Waals surface area contributed by atoms with Crippen molar-refractivity contribution in [3.05, 3.63) is 23.8 Å². The minimum Gasteiger partial charge on any atom is -0.395 e. The van der Waals surface area contributed by atoms with Crippen LogP contribution < -0.4 is 11.1 Å². The van der Waals surface area contributed by atoms with Crippen molar-refractivity contribution in [3.8, 4) is 0 Å². The highest BCUT2D eigenvalue weighted by atomic mass is 19.1. The average Bonchev–Trinajstić information content (AvgIpc) is 2.41. The minimum atomic E-state index is -0.748. The summed E-state index contributed by atoms with van der Waals surface area (Å²) in [5, 5.41) is 2.95. The second-order valence-electron chi connectivity index (χ2n) is 4.62. The van der Waals surface area contributed by atoms with E-state index in [2.05, 4.69) is 17.1 Å². The van der Waals surface area contributed by atoms with E-state index < -0.39 is 11.6 Å². The van der Waals surface area contributed by atoms with Crippen LogP contribution in [0.4, 0.5) is 20.2 Å². The molecule has 6 heteroatoms. The molecule has 2 rings (SSSR count). The van der Waals surface area contributed by atoms with Crippen molar-refractivity contribution in [1.82, 2.24) is 4.90 Å². The molecule has 1 aliphatic rings. The van der Waals surface area contributed by atoms with Crippen LogP contribution in [0.1, 0.15) is 6.92 Å². The third kappa shape index (κ3) is 3.54. The summed E-state index contributed by atoms with van der Waals surface area (Å²) >= 11 is 0. The molecule has 1 atom stereocenters. The summed E-state index contributed by atoms with van der Waals surface area (Å²) in [5.41, 5.74) is 5.77. The van der Waals surface area contributed by atoms with Crippen LogP contribution in [0.5, 0.6) is 0 Å². The second-order valence-corrected chi connectivity index (χ2v) is 4.62. The molecule has 1 aliphatic heterocycles. The molecule has 0 aromatic heterocycles. The number of anilines is 2. The predicted molar refractivity (Wildman–Crippen MR) is 71.1 cm³/mol. The van der Waals surface area contributed by atoms with Crippen molar-refractivity contribution in [3.63, 3.8) is 0 Å². The van der Waals surface area contributed by atoms with Gasteiger partial charge in [0.2, 0.25) is 0 Å². The zero-order chi connectivity index (χ0) is 13.8. The first-order valence-electron chi connectivity index (χ1n) is 6.42. The Bertz CT molecular complexity index is 442. The van der Waals surface area contributed by atoms with E-state index in [0.717, 1.165) is 25.7 Å². The van der Waals surface area contributed by atoms with Crippen molar-refractivity contribution in [2.45, 2.75) is 13.0 Å². The molecule has 19 heavy (non-hydrogen) atoms. The summed E-state index contributed by atoms with van der Waals surface area (Å²) in [6, 6.07) is 1.97. The third-order valence-corrected chi connectivity index (χ3v) is 3.28. The lowest BCUT2D eigenvalue weighted by Crippen LogP contribution is -2.45. The smallest absolute Gasteiger partial charge is 0.151 e. The number of halogens is 2. The van der Waals surface area contributed by atoms with Crippen LogP contribution >= 0.6 is 0 Å². The standard InChI is InChI=1S/C13H19F2N3O/c1-2-18-3-4-19-10(8-18)7-17-12-6-9(14)5-11(15)13(12)16/h5-6,10,17H,2-4,7-8,16H2,1H3. The van der Waals surface area contributed by atoms with Gasteiger partial charge in [-0.1, -0.05) is 6.92 Å². The molecular weight excluding hydrogens is 252 g/mol. The molecule has 1 unspecified atom stereocenters. The maximum atomic E-state index is 13.3. The average molecular weight is 271 g/mol. The van der Waals surface area contributed by atoms with Gasteiger partial charge >= 0.3 is 0 Å². The summed E-state index contributed by atoms with van der Waals surface area (Å²) in [4.78, 5) is 2.27. The highest BCUT2D eigenvalue weighted by molar-refractivity contribution is 5.66. The quantitative estimate of drug-likeness (QED) is 0.818. The molecule has 0 spiro atoms. The first-order chi connectivity index (χ1) is 9.10. The van der Waals surface area contributed by atoms with E-state index in [1.54, 1.807) is 0 Å². The number of nitrogens with zero attached hydrogens (tertiary/aromatic N) is 1. The lowest BCUT2D eigenvalue weighted by atomic mass is 10.2. The number of hydrogen-bond acceptors (Lipinski definition) is 4. The van der Waals surface area contributed by atoms with E-state index in [-0.39, 0.29) is 17.5 Å². The van der Waals surface area contributed by atoms with Crippen LogP contribution in [0.25, 0.3) is 0 Å². The number of morpholine rings is 1. The lowest BCUT2D eigenvalue weighted by Gasteiger charge is -2.32. The number of benzene rings is 1. The molecule has 4 nitrogen and oxygen atoms in total. The molecule has 1 heterocycles. The lowest BCUT2D eigenvalue weighted by molar-refractivity contribution is -0.0191. The molecule has 0 radical (unpaired) electrons. The molecule has 0 bridgehead atoms. The SMILES string of the molecule is CCN1CCOC(CNc2cc(F)cc(F)c2N)C1. The first kappa shape index (κ1) is 14.0. The van der Waals surface area contributed by atoms with Gasteiger partial charge in [0.15, 0.2) is 5.82 Å². The van der Waals surface area contributed by atoms with Crippen LogP contribution in [0.15, 0.2) is 12.1 Å². The Morgan fingerprint density at radius 2 is 2.26 bits per heavy atom. The number of nitrogen functional groups attached to an aromatic ring is 1. The summed E-state index contributed by atoms with van der Waals surface area (Å²) in [6.07, 6.45) is -0.000529. The van der Waals surface area contributed by atoms with Gasteiger partial charge in [-0.05, 0) is 12.6 Å². The summed E-state index contributed by atoms with van der Waals surface area (Å²) in [5.74, 6) is -1.39. The molecule has 1 aromatic rings. The maximum Gasteiger partial charge on any atom is 0.151 e. The Hall–Kier alpha value is -1.40. The van der Waals surface area contributed by atoms with Crippen LogP contribution in [-0.2, 0) is 4.74 Å². The number of nitrogens with one attached hydrogen (secondary N) is 1.